The van der Waals surface area contributed by atoms with Crippen molar-refractivity contribution in [3.8, 4) is 0 Å². The van der Waals surface area contributed by atoms with Gasteiger partial charge >= 0.3 is 0 Å². The fourth-order valence-corrected chi connectivity index (χ4v) is 4.96. The summed E-state index contributed by atoms with van der Waals surface area (Å²) in [5.74, 6) is -5.56. The summed E-state index contributed by atoms with van der Waals surface area (Å²) in [6, 6.07) is -0.130. The molecule has 3 rings (SSSR count). The Kier molecular flexibility index (Phi) is 6.27. The minimum absolute atomic E-state index is 0.101. The van der Waals surface area contributed by atoms with Crippen LogP contribution in [0.25, 0.3) is 0 Å². The average Bonchev–Trinajstić information content (AvgIpc) is 2.65. The van der Waals surface area contributed by atoms with Crippen molar-refractivity contribution in [1.82, 2.24) is 9.88 Å². The average molecular weight is 407 g/mol. The van der Waals surface area contributed by atoms with Crippen LogP contribution in [0.15, 0.2) is 4.90 Å². The lowest BCUT2D eigenvalue weighted by Gasteiger charge is -2.34. The molecule has 2 saturated heterocycles. The van der Waals surface area contributed by atoms with E-state index >= 15 is 4.39 Å². The number of hydrogen-bond donors (Lipinski definition) is 0. The van der Waals surface area contributed by atoms with E-state index in [0.717, 1.165) is 19.3 Å². The van der Waals surface area contributed by atoms with E-state index in [9.17, 15) is 17.2 Å². The second-order valence-corrected chi connectivity index (χ2v) is 9.04. The summed E-state index contributed by atoms with van der Waals surface area (Å²) >= 11 is 0. The van der Waals surface area contributed by atoms with Gasteiger partial charge in [-0.25, -0.2) is 17.2 Å². The van der Waals surface area contributed by atoms with Crippen molar-refractivity contribution in [2.75, 3.05) is 50.0 Å². The number of rotatable bonds is 5. The predicted octanol–water partition coefficient (Wildman–Crippen LogP) is 1.98. The topological polar surface area (TPSA) is 62.7 Å². The van der Waals surface area contributed by atoms with Crippen molar-refractivity contribution < 1.29 is 26.3 Å². The van der Waals surface area contributed by atoms with Gasteiger partial charge in [0.2, 0.25) is 0 Å². The first-order chi connectivity index (χ1) is 12.8. The van der Waals surface area contributed by atoms with E-state index in [1.54, 1.807) is 0 Å². The molecule has 2 fully saturated rings. The van der Waals surface area contributed by atoms with Gasteiger partial charge in [0.15, 0.2) is 27.3 Å². The highest BCUT2D eigenvalue weighted by molar-refractivity contribution is 7.91. The number of piperidine rings is 1. The van der Waals surface area contributed by atoms with Crippen molar-refractivity contribution in [3.63, 3.8) is 0 Å². The summed E-state index contributed by atoms with van der Waals surface area (Å²) in [5, 5.41) is 0. The number of aromatic nitrogens is 1. The molecular formula is C17H24F3N3O3S. The van der Waals surface area contributed by atoms with Gasteiger partial charge in [-0.1, -0.05) is 0 Å². The Hall–Kier alpha value is -1.39. The molecule has 1 aromatic rings. The summed E-state index contributed by atoms with van der Waals surface area (Å²) in [6.07, 6.45) is 2.44. The normalized spacial score (nSPS) is 22.2. The first kappa shape index (κ1) is 20.3. The standard InChI is InChI=1S/C17H24F3N3O3S/c1-12-4-2-3-5-23(12)17-14(19)15(13(18)16(20)21-17)27(24,25)11-8-22-6-9-26-10-7-22/h12H,2-11H2,1H3/t12-/m1/s1. The van der Waals surface area contributed by atoms with Crippen LogP contribution >= 0.6 is 0 Å². The fourth-order valence-electron chi connectivity index (χ4n) is 3.53. The van der Waals surface area contributed by atoms with Crippen molar-refractivity contribution >= 4 is 15.7 Å². The molecule has 0 bridgehead atoms. The molecule has 2 aliphatic rings. The van der Waals surface area contributed by atoms with Crippen LogP contribution in [0, 0.1) is 17.6 Å². The molecule has 1 aromatic heterocycles. The van der Waals surface area contributed by atoms with Gasteiger partial charge in [-0.15, -0.1) is 0 Å². The zero-order valence-corrected chi connectivity index (χ0v) is 16.1. The van der Waals surface area contributed by atoms with Gasteiger partial charge in [-0.3, -0.25) is 4.90 Å². The summed E-state index contributed by atoms with van der Waals surface area (Å²) in [6.45, 7) is 4.39. The largest absolute Gasteiger partial charge is 0.379 e. The highest BCUT2D eigenvalue weighted by Gasteiger charge is 2.34. The van der Waals surface area contributed by atoms with Crippen molar-refractivity contribution in [3.05, 3.63) is 17.6 Å². The third kappa shape index (κ3) is 4.38. The molecule has 0 unspecified atom stereocenters. The number of ether oxygens (including phenoxy) is 1. The van der Waals surface area contributed by atoms with Gasteiger partial charge in [0, 0.05) is 32.2 Å². The van der Waals surface area contributed by atoms with E-state index in [1.165, 1.54) is 4.90 Å². The van der Waals surface area contributed by atoms with E-state index < -0.39 is 43.9 Å². The van der Waals surface area contributed by atoms with E-state index in [2.05, 4.69) is 4.98 Å². The van der Waals surface area contributed by atoms with Gasteiger partial charge in [0.1, 0.15) is 4.90 Å². The monoisotopic (exact) mass is 407 g/mol. The summed E-state index contributed by atoms with van der Waals surface area (Å²) < 4.78 is 73.8. The highest BCUT2D eigenvalue weighted by atomic mass is 32.2. The number of hydrogen-bond acceptors (Lipinski definition) is 6. The van der Waals surface area contributed by atoms with Crippen LogP contribution in [0.3, 0.4) is 0 Å². The SMILES string of the molecule is C[C@@H]1CCCCN1c1nc(F)c(F)c(S(=O)(=O)CCN2CCOCC2)c1F. The first-order valence-corrected chi connectivity index (χ1v) is 10.8. The Bertz CT molecular complexity index is 785. The first-order valence-electron chi connectivity index (χ1n) is 9.15. The Morgan fingerprint density at radius 1 is 1.11 bits per heavy atom. The van der Waals surface area contributed by atoms with Crippen LogP contribution in [-0.4, -0.2) is 69.5 Å². The molecule has 2 aliphatic heterocycles. The molecule has 152 valence electrons. The van der Waals surface area contributed by atoms with E-state index in [1.807, 2.05) is 11.8 Å². The number of morpholine rings is 1. The van der Waals surface area contributed by atoms with Gasteiger partial charge < -0.3 is 9.64 Å². The predicted molar refractivity (Wildman–Crippen MR) is 94.1 cm³/mol. The minimum atomic E-state index is -4.36. The Labute approximate surface area is 157 Å². The molecule has 1 atom stereocenters. The number of anilines is 1. The number of sulfone groups is 1. The number of nitrogens with zero attached hydrogens (tertiary/aromatic N) is 3. The fraction of sp³-hybridized carbons (Fsp3) is 0.706. The number of halogens is 3. The lowest BCUT2D eigenvalue weighted by atomic mass is 10.0. The summed E-state index contributed by atoms with van der Waals surface area (Å²) in [5.41, 5.74) is 0. The van der Waals surface area contributed by atoms with Crippen LogP contribution in [0.2, 0.25) is 0 Å². The highest BCUT2D eigenvalue weighted by Crippen LogP contribution is 2.31. The molecule has 6 nitrogen and oxygen atoms in total. The maximum atomic E-state index is 15.0. The van der Waals surface area contributed by atoms with Gasteiger partial charge in [-0.2, -0.15) is 9.37 Å². The summed E-state index contributed by atoms with van der Waals surface area (Å²) in [4.78, 5) is 5.53. The molecule has 0 saturated carbocycles. The van der Waals surface area contributed by atoms with Gasteiger partial charge in [0.05, 0.1) is 19.0 Å². The van der Waals surface area contributed by atoms with E-state index in [-0.39, 0.29) is 12.6 Å². The van der Waals surface area contributed by atoms with Crippen LogP contribution in [0.1, 0.15) is 26.2 Å². The van der Waals surface area contributed by atoms with Crippen LogP contribution in [0.5, 0.6) is 0 Å². The minimum Gasteiger partial charge on any atom is -0.379 e. The molecule has 0 N–H and O–H groups in total. The lowest BCUT2D eigenvalue weighted by molar-refractivity contribution is 0.0408. The molecule has 27 heavy (non-hydrogen) atoms. The smallest absolute Gasteiger partial charge is 0.252 e. The molecule has 0 aromatic carbocycles. The Morgan fingerprint density at radius 2 is 1.81 bits per heavy atom. The zero-order valence-electron chi connectivity index (χ0n) is 15.3. The molecule has 10 heteroatoms. The second kappa shape index (κ2) is 8.32. The molecule has 0 amide bonds. The third-order valence-corrected chi connectivity index (χ3v) is 6.85. The van der Waals surface area contributed by atoms with Crippen molar-refractivity contribution in [2.45, 2.75) is 37.1 Å². The quantitative estimate of drug-likeness (QED) is 0.696. The van der Waals surface area contributed by atoms with Gasteiger partial charge in [0.25, 0.3) is 5.95 Å². The molecule has 0 aliphatic carbocycles. The van der Waals surface area contributed by atoms with Crippen LogP contribution in [0.4, 0.5) is 19.0 Å². The Balaban J connectivity index is 1.91. The molecule has 0 radical (unpaired) electrons. The molecule has 3 heterocycles. The van der Waals surface area contributed by atoms with Crippen molar-refractivity contribution in [2.24, 2.45) is 0 Å². The van der Waals surface area contributed by atoms with E-state index in [0.29, 0.717) is 32.8 Å². The maximum absolute atomic E-state index is 15.0. The summed E-state index contributed by atoms with van der Waals surface area (Å²) in [7, 11) is -4.36. The van der Waals surface area contributed by atoms with E-state index in [4.69, 9.17) is 4.74 Å². The van der Waals surface area contributed by atoms with Crippen molar-refractivity contribution in [1.29, 1.82) is 0 Å². The number of pyridine rings is 1. The zero-order chi connectivity index (χ0) is 19.6. The van der Waals surface area contributed by atoms with Gasteiger partial charge in [-0.05, 0) is 26.2 Å². The van der Waals surface area contributed by atoms with Crippen LogP contribution in [-0.2, 0) is 14.6 Å². The van der Waals surface area contributed by atoms with Crippen LogP contribution < -0.4 is 4.90 Å². The molecule has 0 spiro atoms. The Morgan fingerprint density at radius 3 is 2.48 bits per heavy atom. The maximum Gasteiger partial charge on any atom is 0.252 e. The second-order valence-electron chi connectivity index (χ2n) is 6.99. The molecular weight excluding hydrogens is 383 g/mol. The lowest BCUT2D eigenvalue weighted by Crippen LogP contribution is -2.40. The third-order valence-electron chi connectivity index (χ3n) is 5.15.